The molecule has 0 radical (unpaired) electrons. The third-order valence-corrected chi connectivity index (χ3v) is 4.15. The van der Waals surface area contributed by atoms with Gasteiger partial charge in [-0.2, -0.15) is 0 Å². The molecule has 0 spiro atoms. The average Bonchev–Trinajstić information content (AvgIpc) is 3.03. The molecule has 0 amide bonds. The summed E-state index contributed by atoms with van der Waals surface area (Å²) in [7, 11) is 3.58. The average molecular weight is 261 g/mol. The molecule has 2 N–H and O–H groups in total. The van der Waals surface area contributed by atoms with Crippen molar-refractivity contribution >= 4 is 11.0 Å². The standard InChI is InChI=1S/C14H19N3O2/c1-16-11-4-3-9(7-12(11)17(2)14(16)18)13(15)10-5-6-19-8-10/h3-4,7,10,13H,5-6,8,15H2,1-2H3. The highest BCUT2D eigenvalue weighted by atomic mass is 16.5. The molecule has 0 aliphatic carbocycles. The summed E-state index contributed by atoms with van der Waals surface area (Å²) in [5.41, 5.74) is 9.24. The lowest BCUT2D eigenvalue weighted by molar-refractivity contribution is 0.181. The quantitative estimate of drug-likeness (QED) is 0.874. The largest absolute Gasteiger partial charge is 0.381 e. The molecule has 0 bridgehead atoms. The normalized spacial score (nSPS) is 21.1. The number of benzene rings is 1. The molecule has 0 saturated carbocycles. The molecular formula is C14H19N3O2. The lowest BCUT2D eigenvalue weighted by Crippen LogP contribution is -2.21. The molecule has 1 aromatic carbocycles. The fourth-order valence-electron chi connectivity index (χ4n) is 2.84. The van der Waals surface area contributed by atoms with E-state index in [-0.39, 0.29) is 11.7 Å². The van der Waals surface area contributed by atoms with Gasteiger partial charge in [0.05, 0.1) is 17.6 Å². The zero-order valence-corrected chi connectivity index (χ0v) is 11.3. The van der Waals surface area contributed by atoms with Gasteiger partial charge in [0.25, 0.3) is 0 Å². The van der Waals surface area contributed by atoms with Gasteiger partial charge in [0, 0.05) is 32.7 Å². The Morgan fingerprint density at radius 1 is 1.32 bits per heavy atom. The number of ether oxygens (including phenoxy) is 1. The van der Waals surface area contributed by atoms with Gasteiger partial charge in [0.15, 0.2) is 0 Å². The molecule has 2 unspecified atom stereocenters. The second kappa shape index (κ2) is 4.51. The summed E-state index contributed by atoms with van der Waals surface area (Å²) >= 11 is 0. The van der Waals surface area contributed by atoms with E-state index in [4.69, 9.17) is 10.5 Å². The number of nitrogens with zero attached hydrogens (tertiary/aromatic N) is 2. The highest BCUT2D eigenvalue weighted by molar-refractivity contribution is 5.77. The fourth-order valence-corrected chi connectivity index (χ4v) is 2.84. The van der Waals surface area contributed by atoms with Crippen LogP contribution in [0.4, 0.5) is 0 Å². The maximum atomic E-state index is 11.9. The van der Waals surface area contributed by atoms with Crippen molar-refractivity contribution in [2.45, 2.75) is 12.5 Å². The zero-order valence-electron chi connectivity index (χ0n) is 11.3. The van der Waals surface area contributed by atoms with Crippen LogP contribution in [-0.2, 0) is 18.8 Å². The molecule has 2 heterocycles. The van der Waals surface area contributed by atoms with Crippen molar-refractivity contribution in [3.05, 3.63) is 34.2 Å². The first-order valence-corrected chi connectivity index (χ1v) is 6.58. The second-order valence-corrected chi connectivity index (χ2v) is 5.30. The number of fused-ring (bicyclic) bond motifs is 1. The molecule has 1 aliphatic heterocycles. The Morgan fingerprint density at radius 2 is 2.05 bits per heavy atom. The van der Waals surface area contributed by atoms with Crippen LogP contribution in [0.25, 0.3) is 11.0 Å². The Kier molecular flexibility index (Phi) is 2.95. The van der Waals surface area contributed by atoms with Gasteiger partial charge in [-0.15, -0.1) is 0 Å². The van der Waals surface area contributed by atoms with Crippen molar-refractivity contribution in [1.29, 1.82) is 0 Å². The van der Waals surface area contributed by atoms with E-state index in [2.05, 4.69) is 0 Å². The maximum Gasteiger partial charge on any atom is 0.328 e. The summed E-state index contributed by atoms with van der Waals surface area (Å²) < 4.78 is 8.71. The van der Waals surface area contributed by atoms with Crippen LogP contribution in [0, 0.1) is 5.92 Å². The topological polar surface area (TPSA) is 62.2 Å². The number of rotatable bonds is 2. The third kappa shape index (κ3) is 1.89. The maximum absolute atomic E-state index is 11.9. The van der Waals surface area contributed by atoms with Gasteiger partial charge in [0.2, 0.25) is 0 Å². The number of imidazole rings is 1. The van der Waals surface area contributed by atoms with E-state index in [0.717, 1.165) is 36.2 Å². The Bertz CT molecular complexity index is 665. The summed E-state index contributed by atoms with van der Waals surface area (Å²) in [5.74, 6) is 0.373. The monoisotopic (exact) mass is 261 g/mol. The van der Waals surface area contributed by atoms with Gasteiger partial charge in [0.1, 0.15) is 0 Å². The summed E-state index contributed by atoms with van der Waals surface area (Å²) in [6, 6.07) is 5.99. The van der Waals surface area contributed by atoms with Crippen LogP contribution >= 0.6 is 0 Å². The zero-order chi connectivity index (χ0) is 13.6. The van der Waals surface area contributed by atoms with Crippen molar-refractivity contribution in [1.82, 2.24) is 9.13 Å². The van der Waals surface area contributed by atoms with E-state index in [0.29, 0.717) is 5.92 Å². The minimum atomic E-state index is -0.0257. The molecule has 2 aromatic rings. The van der Waals surface area contributed by atoms with Crippen LogP contribution in [0.1, 0.15) is 18.0 Å². The first-order valence-electron chi connectivity index (χ1n) is 6.58. The van der Waals surface area contributed by atoms with Crippen LogP contribution in [0.15, 0.2) is 23.0 Å². The second-order valence-electron chi connectivity index (χ2n) is 5.30. The van der Waals surface area contributed by atoms with Gasteiger partial charge in [-0.05, 0) is 24.1 Å². The molecular weight excluding hydrogens is 242 g/mol. The highest BCUT2D eigenvalue weighted by Gasteiger charge is 2.24. The molecule has 5 nitrogen and oxygen atoms in total. The Morgan fingerprint density at radius 3 is 2.74 bits per heavy atom. The van der Waals surface area contributed by atoms with E-state index < -0.39 is 0 Å². The van der Waals surface area contributed by atoms with Crippen LogP contribution in [0.2, 0.25) is 0 Å². The van der Waals surface area contributed by atoms with Gasteiger partial charge in [-0.3, -0.25) is 9.13 Å². The summed E-state index contributed by atoms with van der Waals surface area (Å²) in [6.07, 6.45) is 1.01. The number of nitrogens with two attached hydrogens (primary N) is 1. The van der Waals surface area contributed by atoms with Crippen molar-refractivity contribution in [3.8, 4) is 0 Å². The molecule has 2 atom stereocenters. The lowest BCUT2D eigenvalue weighted by Gasteiger charge is -2.18. The summed E-state index contributed by atoms with van der Waals surface area (Å²) in [5, 5.41) is 0. The van der Waals surface area contributed by atoms with E-state index >= 15 is 0 Å². The smallest absolute Gasteiger partial charge is 0.328 e. The van der Waals surface area contributed by atoms with Crippen LogP contribution in [0.3, 0.4) is 0 Å². The number of hydrogen-bond acceptors (Lipinski definition) is 3. The number of aromatic nitrogens is 2. The predicted molar refractivity (Wildman–Crippen MR) is 74.0 cm³/mol. The predicted octanol–water partition coefficient (Wildman–Crippen LogP) is 0.913. The van der Waals surface area contributed by atoms with Crippen molar-refractivity contribution < 1.29 is 4.74 Å². The number of aryl methyl sites for hydroxylation is 2. The molecule has 102 valence electrons. The molecule has 3 rings (SSSR count). The van der Waals surface area contributed by atoms with E-state index in [9.17, 15) is 4.79 Å². The highest BCUT2D eigenvalue weighted by Crippen LogP contribution is 2.28. The van der Waals surface area contributed by atoms with Crippen molar-refractivity contribution in [2.24, 2.45) is 25.7 Å². The van der Waals surface area contributed by atoms with Gasteiger partial charge in [-0.25, -0.2) is 4.79 Å². The fraction of sp³-hybridized carbons (Fsp3) is 0.500. The molecule has 1 saturated heterocycles. The van der Waals surface area contributed by atoms with Crippen LogP contribution in [0.5, 0.6) is 0 Å². The Labute approximate surface area is 111 Å². The summed E-state index contributed by atoms with van der Waals surface area (Å²) in [6.45, 7) is 1.53. The van der Waals surface area contributed by atoms with E-state index in [1.54, 1.807) is 23.2 Å². The summed E-state index contributed by atoms with van der Waals surface area (Å²) in [4.78, 5) is 11.9. The van der Waals surface area contributed by atoms with Crippen LogP contribution in [-0.4, -0.2) is 22.3 Å². The van der Waals surface area contributed by atoms with Gasteiger partial charge < -0.3 is 10.5 Å². The van der Waals surface area contributed by atoms with Gasteiger partial charge >= 0.3 is 5.69 Å². The minimum absolute atomic E-state index is 0.00933. The van der Waals surface area contributed by atoms with Crippen molar-refractivity contribution in [2.75, 3.05) is 13.2 Å². The van der Waals surface area contributed by atoms with Crippen LogP contribution < -0.4 is 11.4 Å². The molecule has 1 aromatic heterocycles. The molecule has 5 heteroatoms. The Hall–Kier alpha value is -1.59. The lowest BCUT2D eigenvalue weighted by atomic mass is 9.93. The first-order chi connectivity index (χ1) is 9.09. The molecule has 19 heavy (non-hydrogen) atoms. The SMILES string of the molecule is Cn1c(=O)n(C)c2cc(C(N)C3CCOC3)ccc21. The first kappa shape index (κ1) is 12.4. The Balaban J connectivity index is 2.06. The van der Waals surface area contributed by atoms with Gasteiger partial charge in [-0.1, -0.05) is 6.07 Å². The third-order valence-electron chi connectivity index (χ3n) is 4.15. The molecule has 1 aliphatic rings. The van der Waals surface area contributed by atoms with Crippen molar-refractivity contribution in [3.63, 3.8) is 0 Å². The van der Waals surface area contributed by atoms with E-state index in [1.165, 1.54) is 0 Å². The van der Waals surface area contributed by atoms with E-state index in [1.807, 2.05) is 18.2 Å². The number of hydrogen-bond donors (Lipinski definition) is 1. The minimum Gasteiger partial charge on any atom is -0.381 e. The molecule has 1 fully saturated rings.